The molecule has 0 fully saturated rings. The lowest BCUT2D eigenvalue weighted by Crippen LogP contribution is -2.12. The van der Waals surface area contributed by atoms with Crippen LogP contribution >= 0.6 is 11.6 Å². The van der Waals surface area contributed by atoms with Gasteiger partial charge in [-0.15, -0.1) is 0 Å². The standard InChI is InChI=1S/C16H17ClFNO/c1-11(19-2)12-4-3-5-15(9-12)20-10-13-8-14(17)6-7-16(13)18/h3-9,11,19H,10H2,1-2H3. The van der Waals surface area contributed by atoms with Gasteiger partial charge >= 0.3 is 0 Å². The average molecular weight is 294 g/mol. The van der Waals surface area contributed by atoms with Crippen molar-refractivity contribution in [3.63, 3.8) is 0 Å². The number of hydrogen-bond acceptors (Lipinski definition) is 2. The minimum Gasteiger partial charge on any atom is -0.489 e. The van der Waals surface area contributed by atoms with Gasteiger partial charge in [0.15, 0.2) is 0 Å². The molecule has 0 saturated carbocycles. The van der Waals surface area contributed by atoms with Crippen LogP contribution in [0.5, 0.6) is 5.75 Å². The Hall–Kier alpha value is -1.58. The van der Waals surface area contributed by atoms with Gasteiger partial charge in [-0.1, -0.05) is 23.7 Å². The normalized spacial score (nSPS) is 12.2. The molecule has 1 N–H and O–H groups in total. The van der Waals surface area contributed by atoms with Crippen LogP contribution in [0, 0.1) is 5.82 Å². The van der Waals surface area contributed by atoms with Crippen molar-refractivity contribution in [2.24, 2.45) is 0 Å². The molecule has 106 valence electrons. The Bertz CT molecular complexity index is 588. The van der Waals surface area contributed by atoms with Gasteiger partial charge in [0.2, 0.25) is 0 Å². The maximum atomic E-state index is 13.6. The summed E-state index contributed by atoms with van der Waals surface area (Å²) in [7, 11) is 1.90. The summed E-state index contributed by atoms with van der Waals surface area (Å²) in [6.07, 6.45) is 0. The lowest BCUT2D eigenvalue weighted by molar-refractivity contribution is 0.299. The molecular formula is C16H17ClFNO. The SMILES string of the molecule is CNC(C)c1cccc(OCc2cc(Cl)ccc2F)c1. The Kier molecular flexibility index (Phi) is 4.99. The van der Waals surface area contributed by atoms with Gasteiger partial charge in [-0.3, -0.25) is 0 Å². The van der Waals surface area contributed by atoms with Gasteiger partial charge in [-0.25, -0.2) is 4.39 Å². The maximum absolute atomic E-state index is 13.6. The van der Waals surface area contributed by atoms with E-state index in [-0.39, 0.29) is 18.5 Å². The van der Waals surface area contributed by atoms with E-state index in [0.717, 1.165) is 5.56 Å². The first-order valence-electron chi connectivity index (χ1n) is 6.44. The molecule has 0 heterocycles. The quantitative estimate of drug-likeness (QED) is 0.885. The molecule has 1 unspecified atom stereocenters. The predicted octanol–water partition coefficient (Wildman–Crippen LogP) is 4.34. The third-order valence-corrected chi connectivity index (χ3v) is 3.43. The van der Waals surface area contributed by atoms with Crippen molar-refractivity contribution < 1.29 is 9.13 Å². The van der Waals surface area contributed by atoms with Crippen molar-refractivity contribution >= 4 is 11.6 Å². The van der Waals surface area contributed by atoms with Crippen molar-refractivity contribution in [2.45, 2.75) is 19.6 Å². The number of hydrogen-bond donors (Lipinski definition) is 1. The fourth-order valence-electron chi connectivity index (χ4n) is 1.86. The smallest absolute Gasteiger partial charge is 0.129 e. The lowest BCUT2D eigenvalue weighted by Gasteiger charge is -2.13. The number of rotatable bonds is 5. The molecule has 2 rings (SSSR count). The van der Waals surface area contributed by atoms with Crippen molar-refractivity contribution in [3.8, 4) is 5.75 Å². The van der Waals surface area contributed by atoms with Gasteiger partial charge < -0.3 is 10.1 Å². The Morgan fingerprint density at radius 2 is 2.05 bits per heavy atom. The predicted molar refractivity (Wildman–Crippen MR) is 79.7 cm³/mol. The fourth-order valence-corrected chi connectivity index (χ4v) is 2.05. The second kappa shape index (κ2) is 6.73. The van der Waals surface area contributed by atoms with E-state index >= 15 is 0 Å². The van der Waals surface area contributed by atoms with E-state index in [1.807, 2.05) is 31.3 Å². The van der Waals surface area contributed by atoms with Gasteiger partial charge in [0.1, 0.15) is 18.2 Å². The van der Waals surface area contributed by atoms with E-state index in [0.29, 0.717) is 16.3 Å². The molecule has 0 aliphatic rings. The highest BCUT2D eigenvalue weighted by molar-refractivity contribution is 6.30. The van der Waals surface area contributed by atoms with Crippen LogP contribution in [0.4, 0.5) is 4.39 Å². The van der Waals surface area contributed by atoms with E-state index in [9.17, 15) is 4.39 Å². The molecule has 0 amide bonds. The summed E-state index contributed by atoms with van der Waals surface area (Å²) >= 11 is 5.85. The zero-order valence-corrected chi connectivity index (χ0v) is 12.2. The van der Waals surface area contributed by atoms with Crippen LogP contribution in [-0.2, 0) is 6.61 Å². The van der Waals surface area contributed by atoms with Gasteiger partial charge in [-0.2, -0.15) is 0 Å². The second-order valence-electron chi connectivity index (χ2n) is 4.61. The molecule has 0 aliphatic heterocycles. The summed E-state index contributed by atoms with van der Waals surface area (Å²) in [6.45, 7) is 2.22. The number of nitrogens with one attached hydrogen (secondary N) is 1. The van der Waals surface area contributed by atoms with Gasteiger partial charge in [0.25, 0.3) is 0 Å². The topological polar surface area (TPSA) is 21.3 Å². The lowest BCUT2D eigenvalue weighted by atomic mass is 10.1. The van der Waals surface area contributed by atoms with E-state index in [4.69, 9.17) is 16.3 Å². The minimum absolute atomic E-state index is 0.157. The summed E-state index contributed by atoms with van der Waals surface area (Å²) in [5.41, 5.74) is 1.57. The molecule has 2 nitrogen and oxygen atoms in total. The van der Waals surface area contributed by atoms with E-state index in [1.54, 1.807) is 6.07 Å². The fraction of sp³-hybridized carbons (Fsp3) is 0.250. The molecule has 2 aromatic rings. The van der Waals surface area contributed by atoms with E-state index in [2.05, 4.69) is 12.2 Å². The third kappa shape index (κ3) is 3.71. The van der Waals surface area contributed by atoms with Crippen molar-refractivity contribution in [1.82, 2.24) is 5.32 Å². The summed E-state index contributed by atoms with van der Waals surface area (Å²) in [4.78, 5) is 0. The van der Waals surface area contributed by atoms with Gasteiger partial charge in [-0.05, 0) is 49.9 Å². The summed E-state index contributed by atoms with van der Waals surface area (Å²) in [5, 5.41) is 3.67. The summed E-state index contributed by atoms with van der Waals surface area (Å²) < 4.78 is 19.2. The van der Waals surface area contributed by atoms with Crippen LogP contribution in [0.3, 0.4) is 0 Å². The van der Waals surface area contributed by atoms with Crippen molar-refractivity contribution in [2.75, 3.05) is 7.05 Å². The number of ether oxygens (including phenoxy) is 1. The highest BCUT2D eigenvalue weighted by Crippen LogP contribution is 2.21. The van der Waals surface area contributed by atoms with Gasteiger partial charge in [0, 0.05) is 16.6 Å². The molecule has 0 bridgehead atoms. The highest BCUT2D eigenvalue weighted by atomic mass is 35.5. The molecule has 2 aromatic carbocycles. The Morgan fingerprint density at radius 3 is 2.80 bits per heavy atom. The van der Waals surface area contributed by atoms with Crippen LogP contribution in [0.15, 0.2) is 42.5 Å². The third-order valence-electron chi connectivity index (χ3n) is 3.19. The first-order valence-corrected chi connectivity index (χ1v) is 6.82. The molecule has 4 heteroatoms. The average Bonchev–Trinajstić information content (AvgIpc) is 2.47. The zero-order chi connectivity index (χ0) is 14.5. The van der Waals surface area contributed by atoms with Crippen LogP contribution < -0.4 is 10.1 Å². The van der Waals surface area contributed by atoms with Crippen molar-refractivity contribution in [3.05, 3.63) is 64.4 Å². The van der Waals surface area contributed by atoms with E-state index in [1.165, 1.54) is 12.1 Å². The number of benzene rings is 2. The molecule has 0 aromatic heterocycles. The van der Waals surface area contributed by atoms with Gasteiger partial charge in [0.05, 0.1) is 0 Å². The second-order valence-corrected chi connectivity index (χ2v) is 5.04. The number of halogens is 2. The van der Waals surface area contributed by atoms with Crippen LogP contribution in [0.25, 0.3) is 0 Å². The van der Waals surface area contributed by atoms with Crippen LogP contribution in [0.1, 0.15) is 24.1 Å². The largest absolute Gasteiger partial charge is 0.489 e. The molecular weight excluding hydrogens is 277 g/mol. The first kappa shape index (κ1) is 14.8. The van der Waals surface area contributed by atoms with Crippen LogP contribution in [0.2, 0.25) is 5.02 Å². The zero-order valence-electron chi connectivity index (χ0n) is 11.5. The monoisotopic (exact) mass is 293 g/mol. The molecule has 0 spiro atoms. The minimum atomic E-state index is -0.311. The van der Waals surface area contributed by atoms with Crippen molar-refractivity contribution in [1.29, 1.82) is 0 Å². The van der Waals surface area contributed by atoms with E-state index < -0.39 is 0 Å². The molecule has 0 radical (unpaired) electrons. The molecule has 0 aliphatic carbocycles. The Morgan fingerprint density at radius 1 is 1.25 bits per heavy atom. The Labute approximate surface area is 123 Å². The molecule has 1 atom stereocenters. The first-order chi connectivity index (χ1) is 9.60. The summed E-state index contributed by atoms with van der Waals surface area (Å²) in [5.74, 6) is 0.401. The maximum Gasteiger partial charge on any atom is 0.129 e. The molecule has 0 saturated heterocycles. The Balaban J connectivity index is 2.09. The highest BCUT2D eigenvalue weighted by Gasteiger charge is 2.06. The molecule has 20 heavy (non-hydrogen) atoms. The van der Waals surface area contributed by atoms with Crippen LogP contribution in [-0.4, -0.2) is 7.05 Å². The summed E-state index contributed by atoms with van der Waals surface area (Å²) in [6, 6.07) is 12.4.